The highest BCUT2D eigenvalue weighted by atomic mass is 15.1. The molecule has 0 aliphatic heterocycles. The van der Waals surface area contributed by atoms with Gasteiger partial charge in [0.2, 0.25) is 0 Å². The highest BCUT2D eigenvalue weighted by molar-refractivity contribution is 4.62. The van der Waals surface area contributed by atoms with Crippen LogP contribution in [0.25, 0.3) is 0 Å². The predicted octanol–water partition coefficient (Wildman–Crippen LogP) is 0.936. The Kier molecular flexibility index (Phi) is 5.64. The van der Waals surface area contributed by atoms with Crippen LogP contribution >= 0.6 is 0 Å². The minimum atomic E-state index is 0.611. The molecule has 1 N–H and O–H groups in total. The lowest BCUT2D eigenvalue weighted by Crippen LogP contribution is -2.37. The second-order valence-electron chi connectivity index (χ2n) is 2.68. The number of likely N-dealkylation sites (N-methyl/N-ethyl adjacent to an activating group) is 2. The Morgan fingerprint density at radius 2 is 1.80 bits per heavy atom. The summed E-state index contributed by atoms with van der Waals surface area (Å²) in [7, 11) is 2.01. The van der Waals surface area contributed by atoms with Gasteiger partial charge < -0.3 is 10.2 Å². The lowest BCUT2D eigenvalue weighted by Gasteiger charge is -2.21. The first kappa shape index (κ1) is 9.92. The topological polar surface area (TPSA) is 15.3 Å². The maximum atomic E-state index is 3.22. The number of hydrogen-bond acceptors (Lipinski definition) is 2. The van der Waals surface area contributed by atoms with E-state index >= 15 is 0 Å². The second-order valence-corrected chi connectivity index (χ2v) is 2.68. The molecule has 0 radical (unpaired) electrons. The van der Waals surface area contributed by atoms with Gasteiger partial charge in [0.25, 0.3) is 0 Å². The van der Waals surface area contributed by atoms with Gasteiger partial charge in [-0.2, -0.15) is 0 Å². The van der Waals surface area contributed by atoms with Crippen LogP contribution in [0.4, 0.5) is 0 Å². The lowest BCUT2D eigenvalue weighted by molar-refractivity contribution is 0.276. The van der Waals surface area contributed by atoms with Crippen molar-refractivity contribution in [2.75, 3.05) is 26.7 Å². The Balaban J connectivity index is 3.41. The van der Waals surface area contributed by atoms with Crippen molar-refractivity contribution in [3.05, 3.63) is 0 Å². The summed E-state index contributed by atoms with van der Waals surface area (Å²) in [6.45, 7) is 10.1. The van der Waals surface area contributed by atoms with Gasteiger partial charge in [-0.1, -0.05) is 13.8 Å². The zero-order valence-electron chi connectivity index (χ0n) is 7.65. The standard InChI is InChI=1S/C8H20N2/c1-5-10(6-2)7-8(3)9-4/h8-9H,5-7H2,1-4H3. The SMILES string of the molecule is CCN(CC)CC(C)NC. The third-order valence-corrected chi connectivity index (χ3v) is 1.92. The third kappa shape index (κ3) is 3.85. The zero-order chi connectivity index (χ0) is 7.98. The summed E-state index contributed by atoms with van der Waals surface area (Å²) in [4.78, 5) is 2.42. The Labute approximate surface area is 64.6 Å². The molecule has 0 saturated heterocycles. The summed E-state index contributed by atoms with van der Waals surface area (Å²) in [5.74, 6) is 0. The molecule has 0 rings (SSSR count). The van der Waals surface area contributed by atoms with Gasteiger partial charge >= 0.3 is 0 Å². The molecule has 1 atom stereocenters. The first-order chi connectivity index (χ1) is 4.74. The van der Waals surface area contributed by atoms with Gasteiger partial charge in [-0.15, -0.1) is 0 Å². The van der Waals surface area contributed by atoms with Gasteiger partial charge in [0.05, 0.1) is 0 Å². The van der Waals surface area contributed by atoms with Crippen molar-refractivity contribution < 1.29 is 0 Å². The van der Waals surface area contributed by atoms with Crippen molar-refractivity contribution >= 4 is 0 Å². The highest BCUT2D eigenvalue weighted by Gasteiger charge is 2.02. The maximum Gasteiger partial charge on any atom is 0.0163 e. The smallest absolute Gasteiger partial charge is 0.0163 e. The van der Waals surface area contributed by atoms with Crippen LogP contribution in [0, 0.1) is 0 Å². The van der Waals surface area contributed by atoms with Crippen molar-refractivity contribution in [1.29, 1.82) is 0 Å². The van der Waals surface area contributed by atoms with E-state index in [9.17, 15) is 0 Å². The Hall–Kier alpha value is -0.0800. The van der Waals surface area contributed by atoms with Gasteiger partial charge in [0, 0.05) is 12.6 Å². The van der Waals surface area contributed by atoms with Gasteiger partial charge in [-0.3, -0.25) is 0 Å². The van der Waals surface area contributed by atoms with Crippen molar-refractivity contribution in [2.24, 2.45) is 0 Å². The zero-order valence-corrected chi connectivity index (χ0v) is 7.65. The van der Waals surface area contributed by atoms with Crippen LogP contribution in [0.15, 0.2) is 0 Å². The average Bonchev–Trinajstić information content (AvgIpc) is 1.99. The molecule has 0 aromatic heterocycles. The molecule has 0 heterocycles. The molecular weight excluding hydrogens is 124 g/mol. The Morgan fingerprint density at radius 3 is 2.10 bits per heavy atom. The number of nitrogens with zero attached hydrogens (tertiary/aromatic N) is 1. The monoisotopic (exact) mass is 144 g/mol. The predicted molar refractivity (Wildman–Crippen MR) is 46.3 cm³/mol. The van der Waals surface area contributed by atoms with E-state index in [0.717, 1.165) is 19.6 Å². The molecule has 0 spiro atoms. The van der Waals surface area contributed by atoms with Crippen LogP contribution < -0.4 is 5.32 Å². The second kappa shape index (κ2) is 5.69. The van der Waals surface area contributed by atoms with Crippen LogP contribution in [-0.4, -0.2) is 37.6 Å². The third-order valence-electron chi connectivity index (χ3n) is 1.92. The maximum absolute atomic E-state index is 3.22. The largest absolute Gasteiger partial charge is 0.316 e. The summed E-state index contributed by atoms with van der Waals surface area (Å²) in [5.41, 5.74) is 0. The summed E-state index contributed by atoms with van der Waals surface area (Å²) >= 11 is 0. The Morgan fingerprint density at radius 1 is 1.30 bits per heavy atom. The molecule has 0 aliphatic rings. The molecule has 0 saturated carbocycles. The minimum absolute atomic E-state index is 0.611. The average molecular weight is 144 g/mol. The minimum Gasteiger partial charge on any atom is -0.316 e. The summed E-state index contributed by atoms with van der Waals surface area (Å²) in [5, 5.41) is 3.22. The van der Waals surface area contributed by atoms with Gasteiger partial charge in [-0.25, -0.2) is 0 Å². The number of nitrogens with one attached hydrogen (secondary N) is 1. The molecule has 0 bridgehead atoms. The molecule has 62 valence electrons. The fourth-order valence-electron chi connectivity index (χ4n) is 0.960. The van der Waals surface area contributed by atoms with E-state index in [2.05, 4.69) is 31.0 Å². The van der Waals surface area contributed by atoms with Crippen LogP contribution in [0.3, 0.4) is 0 Å². The molecule has 1 unspecified atom stereocenters. The van der Waals surface area contributed by atoms with Crippen molar-refractivity contribution in [2.45, 2.75) is 26.8 Å². The van der Waals surface area contributed by atoms with Crippen LogP contribution in [-0.2, 0) is 0 Å². The van der Waals surface area contributed by atoms with E-state index in [1.54, 1.807) is 0 Å². The molecule has 0 aliphatic carbocycles. The summed E-state index contributed by atoms with van der Waals surface area (Å²) in [6, 6.07) is 0.611. The van der Waals surface area contributed by atoms with E-state index < -0.39 is 0 Å². The lowest BCUT2D eigenvalue weighted by atomic mass is 10.3. The summed E-state index contributed by atoms with van der Waals surface area (Å²) < 4.78 is 0. The molecule has 0 amide bonds. The molecule has 0 aromatic rings. The normalized spacial score (nSPS) is 14.1. The number of hydrogen-bond donors (Lipinski definition) is 1. The molecule has 2 heteroatoms. The molecule has 10 heavy (non-hydrogen) atoms. The molecular formula is C8H20N2. The molecule has 0 fully saturated rings. The van der Waals surface area contributed by atoms with Crippen LogP contribution in [0.1, 0.15) is 20.8 Å². The van der Waals surface area contributed by atoms with Crippen LogP contribution in [0.5, 0.6) is 0 Å². The Bertz CT molecular complexity index is 69.7. The first-order valence-corrected chi connectivity index (χ1v) is 4.14. The summed E-state index contributed by atoms with van der Waals surface area (Å²) in [6.07, 6.45) is 0. The van der Waals surface area contributed by atoms with Crippen molar-refractivity contribution in [3.63, 3.8) is 0 Å². The van der Waals surface area contributed by atoms with E-state index in [-0.39, 0.29) is 0 Å². The van der Waals surface area contributed by atoms with E-state index in [4.69, 9.17) is 0 Å². The molecule has 2 nitrogen and oxygen atoms in total. The fraction of sp³-hybridized carbons (Fsp3) is 1.00. The van der Waals surface area contributed by atoms with Crippen molar-refractivity contribution in [3.8, 4) is 0 Å². The first-order valence-electron chi connectivity index (χ1n) is 4.14. The van der Waals surface area contributed by atoms with Gasteiger partial charge in [-0.05, 0) is 27.1 Å². The van der Waals surface area contributed by atoms with E-state index in [1.165, 1.54) is 0 Å². The number of rotatable bonds is 5. The van der Waals surface area contributed by atoms with E-state index in [1.807, 2.05) is 7.05 Å². The van der Waals surface area contributed by atoms with Crippen LogP contribution in [0.2, 0.25) is 0 Å². The quantitative estimate of drug-likeness (QED) is 0.617. The van der Waals surface area contributed by atoms with Gasteiger partial charge in [0.15, 0.2) is 0 Å². The molecule has 0 aromatic carbocycles. The van der Waals surface area contributed by atoms with Crippen molar-refractivity contribution in [1.82, 2.24) is 10.2 Å². The van der Waals surface area contributed by atoms with Gasteiger partial charge in [0.1, 0.15) is 0 Å². The fourth-order valence-corrected chi connectivity index (χ4v) is 0.960. The highest BCUT2D eigenvalue weighted by Crippen LogP contribution is 1.89. The van der Waals surface area contributed by atoms with E-state index in [0.29, 0.717) is 6.04 Å².